The maximum absolute atomic E-state index is 14.8. The molecule has 10 rings (SSSR count). The standard InChI is InChI=1S/C61H73FN12O8S/c1-38-7-6-8-43(33-38)48-21-27-74(70-48)51-35-50(71-28-31-81-32-29-71)67-59(68-51)82-30-22-40-9-15-44(16-10-40)64-58(80)65-45-19-25-72(26-20-45)52(76)18-17-47(41-11-13-42(14-12-41)53-39(2)63-37-83-53)66-55(77)49-34-46(75)36-73(49)56(78)54(60(3,4)5)69-57(79)61(62)23-24-61/h6-16,21,27,33,35,37,45-47,49,54,75H,17-20,22-26,28-32,34,36H2,1-5H3,(H,66,77)(H,69,79)(H2,64,65,80)/t46-,47+,49+,54-/m1/s1. The van der Waals surface area contributed by atoms with Gasteiger partial charge in [-0.05, 0) is 92.3 Å². The number of hydrogen-bond donors (Lipinski definition) is 5. The van der Waals surface area contributed by atoms with Crippen LogP contribution in [0.1, 0.15) is 94.1 Å². The van der Waals surface area contributed by atoms with Crippen molar-refractivity contribution in [3.8, 4) is 33.5 Å². The van der Waals surface area contributed by atoms with E-state index in [1.54, 1.807) is 35.9 Å². The fourth-order valence-corrected chi connectivity index (χ4v) is 11.6. The van der Waals surface area contributed by atoms with E-state index in [4.69, 9.17) is 24.5 Å². The Morgan fingerprint density at radius 2 is 1.63 bits per heavy atom. The number of likely N-dealkylation sites (tertiary alicyclic amines) is 2. The molecule has 3 aliphatic heterocycles. The van der Waals surface area contributed by atoms with Gasteiger partial charge in [0, 0.05) is 81.5 Å². The molecule has 83 heavy (non-hydrogen) atoms. The second-order valence-electron chi connectivity index (χ2n) is 23.2. The Hall–Kier alpha value is -7.82. The van der Waals surface area contributed by atoms with Crippen LogP contribution in [0.2, 0.25) is 0 Å². The van der Waals surface area contributed by atoms with E-state index in [1.165, 1.54) is 16.2 Å². The molecule has 20 nitrogen and oxygen atoms in total. The molecule has 438 valence electrons. The molecule has 4 aliphatic rings. The third-order valence-corrected chi connectivity index (χ3v) is 16.8. The highest BCUT2D eigenvalue weighted by Gasteiger charge is 2.53. The summed E-state index contributed by atoms with van der Waals surface area (Å²) in [4.78, 5) is 88.7. The number of halogens is 1. The minimum Gasteiger partial charge on any atom is -0.463 e. The first-order valence-corrected chi connectivity index (χ1v) is 29.4. The van der Waals surface area contributed by atoms with Gasteiger partial charge in [0.05, 0.1) is 53.7 Å². The molecule has 6 amide bonds. The first-order valence-electron chi connectivity index (χ1n) is 28.6. The average molecular weight is 1150 g/mol. The van der Waals surface area contributed by atoms with Gasteiger partial charge in [-0.3, -0.25) is 19.2 Å². The molecule has 3 aromatic heterocycles. The van der Waals surface area contributed by atoms with Gasteiger partial charge in [0.2, 0.25) is 17.7 Å². The smallest absolute Gasteiger partial charge is 0.320 e. The normalized spacial score (nSPS) is 18.7. The number of piperidine rings is 1. The van der Waals surface area contributed by atoms with Gasteiger partial charge in [0.1, 0.15) is 17.9 Å². The maximum Gasteiger partial charge on any atom is 0.320 e. The van der Waals surface area contributed by atoms with Crippen molar-refractivity contribution < 1.29 is 42.9 Å². The highest BCUT2D eigenvalue weighted by Crippen LogP contribution is 2.41. The fourth-order valence-electron chi connectivity index (χ4n) is 10.8. The number of benzene rings is 3. The molecule has 0 unspecified atom stereocenters. The van der Waals surface area contributed by atoms with Crippen LogP contribution in [0.25, 0.3) is 27.5 Å². The highest BCUT2D eigenvalue weighted by atomic mass is 32.1. The number of nitrogens with one attached hydrogen (secondary N) is 4. The van der Waals surface area contributed by atoms with Crippen molar-refractivity contribution in [2.75, 3.05) is 62.8 Å². The molecule has 0 radical (unpaired) electrons. The number of amides is 6. The van der Waals surface area contributed by atoms with Gasteiger partial charge in [0.25, 0.3) is 5.91 Å². The van der Waals surface area contributed by atoms with Gasteiger partial charge in [-0.25, -0.2) is 18.9 Å². The number of alkyl halides is 1. The van der Waals surface area contributed by atoms with E-state index < -0.39 is 53.0 Å². The summed E-state index contributed by atoms with van der Waals surface area (Å²) in [6.07, 6.45) is 2.99. The molecule has 1 aliphatic carbocycles. The number of thiazole rings is 1. The number of aliphatic hydroxyl groups excluding tert-OH is 1. The lowest BCUT2D eigenvalue weighted by Gasteiger charge is -2.36. The molecule has 22 heteroatoms. The Balaban J connectivity index is 0.710. The molecular weight excluding hydrogens is 1080 g/mol. The largest absolute Gasteiger partial charge is 0.463 e. The summed E-state index contributed by atoms with van der Waals surface area (Å²) in [5, 5.41) is 27.4. The minimum absolute atomic E-state index is 0.0373. The minimum atomic E-state index is -2.01. The zero-order chi connectivity index (χ0) is 58.4. The SMILES string of the molecule is Cc1cccc(-c2ccn(-c3cc(N4CCOCC4)nc(OCCc4ccc(NC(=O)NC5CCN(C(=O)CC[C@H](NC(=O)[C@@H]6C[C@@H](O)CN6C(=O)[C@@H](NC(=O)C6(F)CC6)C(C)(C)C)c6ccc(-c7scnc7C)cc6)CC5)cc4)n3)n2)c1. The molecule has 0 bridgehead atoms. The van der Waals surface area contributed by atoms with Crippen LogP contribution >= 0.6 is 11.3 Å². The number of β-amino-alcohol motifs (C(OH)–C–C–N with tert-alkyl or cyclic N) is 1. The number of aryl methyl sites for hydroxylation is 2. The van der Waals surface area contributed by atoms with Gasteiger partial charge in [-0.15, -0.1) is 11.3 Å². The van der Waals surface area contributed by atoms with E-state index >= 15 is 0 Å². The summed E-state index contributed by atoms with van der Waals surface area (Å²) < 4.78 is 28.3. The van der Waals surface area contributed by atoms with Gasteiger partial charge < -0.3 is 50.5 Å². The van der Waals surface area contributed by atoms with Crippen LogP contribution in [-0.2, 0) is 30.3 Å². The Morgan fingerprint density at radius 1 is 0.892 bits per heavy atom. The number of nitrogens with zero attached hydrogens (tertiary/aromatic N) is 8. The molecule has 0 spiro atoms. The van der Waals surface area contributed by atoms with Crippen molar-refractivity contribution in [2.45, 2.75) is 122 Å². The number of morpholine rings is 1. The van der Waals surface area contributed by atoms with Crippen LogP contribution in [0.5, 0.6) is 6.01 Å². The first-order chi connectivity index (χ1) is 39.8. The Kier molecular flexibility index (Phi) is 17.8. The lowest BCUT2D eigenvalue weighted by Crippen LogP contribution is -2.59. The van der Waals surface area contributed by atoms with Crippen molar-refractivity contribution in [3.63, 3.8) is 0 Å². The summed E-state index contributed by atoms with van der Waals surface area (Å²) in [7, 11) is 0. The van der Waals surface area contributed by atoms with Crippen molar-refractivity contribution >= 4 is 52.5 Å². The maximum atomic E-state index is 14.8. The third kappa shape index (κ3) is 14.5. The Labute approximate surface area is 486 Å². The number of aliphatic hydroxyl groups is 1. The number of urea groups is 1. The number of anilines is 2. The molecule has 1 saturated carbocycles. The number of hydrogen-bond acceptors (Lipinski definition) is 14. The van der Waals surface area contributed by atoms with Crippen LogP contribution in [-0.4, -0.2) is 152 Å². The summed E-state index contributed by atoms with van der Waals surface area (Å²) in [5.41, 5.74) is 6.14. The monoisotopic (exact) mass is 1150 g/mol. The topological polar surface area (TPSA) is 238 Å². The summed E-state index contributed by atoms with van der Waals surface area (Å²) in [6.45, 7) is 12.9. The fraction of sp³-hybridized carbons (Fsp3) is 0.459. The zero-order valence-corrected chi connectivity index (χ0v) is 48.4. The first kappa shape index (κ1) is 58.4. The average Bonchev–Trinajstić information content (AvgIpc) is 3.80. The second kappa shape index (κ2) is 25.4. The molecule has 6 aromatic rings. The van der Waals surface area contributed by atoms with E-state index in [1.807, 2.05) is 85.9 Å². The quantitative estimate of drug-likeness (QED) is 0.0537. The van der Waals surface area contributed by atoms with E-state index in [0.717, 1.165) is 49.9 Å². The summed E-state index contributed by atoms with van der Waals surface area (Å²) in [5.74, 6) is -0.738. The summed E-state index contributed by atoms with van der Waals surface area (Å²) >= 11 is 1.52. The number of aromatic nitrogens is 5. The number of ether oxygens (including phenoxy) is 2. The van der Waals surface area contributed by atoms with Crippen LogP contribution in [0.4, 0.5) is 20.7 Å². The molecule has 5 N–H and O–H groups in total. The Bertz CT molecular complexity index is 3280. The van der Waals surface area contributed by atoms with E-state index in [-0.39, 0.29) is 62.6 Å². The zero-order valence-electron chi connectivity index (χ0n) is 47.6. The van der Waals surface area contributed by atoms with Crippen LogP contribution in [0, 0.1) is 19.3 Å². The van der Waals surface area contributed by atoms with Crippen LogP contribution in [0.3, 0.4) is 0 Å². The lowest BCUT2D eigenvalue weighted by atomic mass is 9.85. The van der Waals surface area contributed by atoms with Gasteiger partial charge in [-0.2, -0.15) is 15.1 Å². The Morgan fingerprint density at radius 3 is 2.31 bits per heavy atom. The number of carbonyl (C=O) groups is 5. The van der Waals surface area contributed by atoms with Crippen molar-refractivity contribution in [1.82, 2.24) is 50.5 Å². The molecule has 6 heterocycles. The van der Waals surface area contributed by atoms with Crippen LogP contribution in [0.15, 0.2) is 96.6 Å². The molecular formula is C61H73FN12O8S. The molecule has 3 aromatic carbocycles. The van der Waals surface area contributed by atoms with E-state index in [0.29, 0.717) is 76.8 Å². The number of rotatable bonds is 19. The van der Waals surface area contributed by atoms with Crippen molar-refractivity contribution in [1.29, 1.82) is 0 Å². The molecule has 3 saturated heterocycles. The summed E-state index contributed by atoms with van der Waals surface area (Å²) in [6, 6.07) is 24.2. The van der Waals surface area contributed by atoms with E-state index in [2.05, 4.69) is 50.2 Å². The number of carbonyl (C=O) groups excluding carboxylic acids is 5. The van der Waals surface area contributed by atoms with Gasteiger partial charge in [0.15, 0.2) is 11.5 Å². The predicted octanol–water partition coefficient (Wildman–Crippen LogP) is 7.27. The van der Waals surface area contributed by atoms with Gasteiger partial charge in [-0.1, -0.05) is 80.9 Å². The van der Waals surface area contributed by atoms with Crippen molar-refractivity contribution in [2.24, 2.45) is 5.41 Å². The van der Waals surface area contributed by atoms with Gasteiger partial charge >= 0.3 is 12.0 Å². The third-order valence-electron chi connectivity index (χ3n) is 15.8. The predicted molar refractivity (Wildman–Crippen MR) is 313 cm³/mol. The highest BCUT2D eigenvalue weighted by molar-refractivity contribution is 7.13. The molecule has 4 atom stereocenters. The van der Waals surface area contributed by atoms with E-state index in [9.17, 15) is 33.5 Å². The lowest BCUT2D eigenvalue weighted by molar-refractivity contribution is -0.145. The van der Waals surface area contributed by atoms with Crippen LogP contribution < -0.4 is 30.9 Å². The second-order valence-corrected chi connectivity index (χ2v) is 24.0. The van der Waals surface area contributed by atoms with Crippen molar-refractivity contribution in [3.05, 3.63) is 119 Å². The molecule has 4 fully saturated rings.